The summed E-state index contributed by atoms with van der Waals surface area (Å²) in [4.78, 5) is 40.2. The van der Waals surface area contributed by atoms with Gasteiger partial charge in [-0.05, 0) is 85.6 Å². The van der Waals surface area contributed by atoms with Crippen LogP contribution < -0.4 is 20.7 Å². The second-order valence-electron chi connectivity index (χ2n) is 9.38. The molecule has 4 aromatic carbocycles. The van der Waals surface area contributed by atoms with Crippen molar-refractivity contribution in [3.8, 4) is 5.75 Å². The lowest BCUT2D eigenvalue weighted by molar-refractivity contribution is -0.116. The van der Waals surface area contributed by atoms with Crippen LogP contribution in [-0.2, 0) is 9.59 Å². The molecule has 3 amide bonds. The van der Waals surface area contributed by atoms with Crippen molar-refractivity contribution in [1.29, 1.82) is 0 Å². The molecule has 0 saturated heterocycles. The Morgan fingerprint density at radius 3 is 2.21 bits per heavy atom. The molecule has 0 saturated carbocycles. The zero-order valence-corrected chi connectivity index (χ0v) is 25.4. The van der Waals surface area contributed by atoms with Crippen molar-refractivity contribution < 1.29 is 19.1 Å². The minimum atomic E-state index is -0.494. The number of ether oxygens (including phenoxy) is 1. The van der Waals surface area contributed by atoms with Crippen molar-refractivity contribution >= 4 is 58.5 Å². The molecule has 1 atom stereocenters. The second kappa shape index (κ2) is 15.6. The van der Waals surface area contributed by atoms with Crippen LogP contribution in [0.15, 0.2) is 114 Å². The van der Waals surface area contributed by atoms with E-state index in [1.807, 2.05) is 38.1 Å². The van der Waals surface area contributed by atoms with Crippen LogP contribution in [0.25, 0.3) is 6.08 Å². The highest BCUT2D eigenvalue weighted by atomic mass is 35.5. The van der Waals surface area contributed by atoms with Crippen LogP contribution in [-0.4, -0.2) is 29.6 Å². The summed E-state index contributed by atoms with van der Waals surface area (Å²) >= 11 is 7.44. The Hall–Kier alpha value is -4.53. The summed E-state index contributed by atoms with van der Waals surface area (Å²) < 4.78 is 5.51. The summed E-state index contributed by atoms with van der Waals surface area (Å²) in [7, 11) is 0. The molecule has 0 spiro atoms. The van der Waals surface area contributed by atoms with Gasteiger partial charge in [0.15, 0.2) is 0 Å². The second-order valence-corrected chi connectivity index (χ2v) is 11.1. The first kappa shape index (κ1) is 31.4. The summed E-state index contributed by atoms with van der Waals surface area (Å²) in [5, 5.41) is 8.71. The molecular weight excluding hydrogens is 582 g/mol. The van der Waals surface area contributed by atoms with E-state index in [-0.39, 0.29) is 16.9 Å². The van der Waals surface area contributed by atoms with Crippen molar-refractivity contribution in [3.63, 3.8) is 0 Å². The predicted octanol–water partition coefficient (Wildman–Crippen LogP) is 7.66. The van der Waals surface area contributed by atoms with Crippen molar-refractivity contribution in [3.05, 3.63) is 125 Å². The van der Waals surface area contributed by atoms with Crippen molar-refractivity contribution in [2.75, 3.05) is 17.2 Å². The Bertz CT molecular complexity index is 1590. The third-order valence-electron chi connectivity index (χ3n) is 6.16. The fraction of sp³-hybridized carbons (Fsp3) is 0.147. The van der Waals surface area contributed by atoms with Crippen LogP contribution in [0.2, 0.25) is 5.02 Å². The Labute approximate surface area is 260 Å². The molecule has 9 heteroatoms. The number of halogens is 1. The smallest absolute Gasteiger partial charge is 0.272 e. The van der Waals surface area contributed by atoms with Gasteiger partial charge in [-0.3, -0.25) is 14.4 Å². The van der Waals surface area contributed by atoms with E-state index in [1.165, 1.54) is 11.8 Å². The molecule has 220 valence electrons. The average Bonchev–Trinajstić information content (AvgIpc) is 3.01. The van der Waals surface area contributed by atoms with Gasteiger partial charge in [0.05, 0.1) is 11.9 Å². The van der Waals surface area contributed by atoms with Gasteiger partial charge in [-0.2, -0.15) is 0 Å². The standard InChI is InChI=1S/C34H32ClN3O4S/c1-3-31(34(41)37-26-13-8-12-25(35)21-26)43-29-15-9-14-27(22-29)36-33(40)30(38-32(39)24-10-6-5-7-11-24)20-23-16-18-28(19-17-23)42-4-2/h5-22,31H,3-4H2,1-2H3,(H,36,40)(H,37,41)(H,38,39)/b30-20+. The Kier molecular flexibility index (Phi) is 11.4. The maximum absolute atomic E-state index is 13.5. The molecule has 0 fully saturated rings. The Morgan fingerprint density at radius 2 is 1.53 bits per heavy atom. The highest BCUT2D eigenvalue weighted by Crippen LogP contribution is 2.29. The first-order chi connectivity index (χ1) is 20.8. The van der Waals surface area contributed by atoms with Crippen molar-refractivity contribution in [2.45, 2.75) is 30.4 Å². The lowest BCUT2D eigenvalue weighted by atomic mass is 10.1. The van der Waals surface area contributed by atoms with Crippen LogP contribution in [0.3, 0.4) is 0 Å². The summed E-state index contributed by atoms with van der Waals surface area (Å²) in [6.45, 7) is 4.38. The van der Waals surface area contributed by atoms with Gasteiger partial charge in [-0.15, -0.1) is 11.8 Å². The molecule has 0 heterocycles. The van der Waals surface area contributed by atoms with E-state index in [1.54, 1.807) is 84.9 Å². The van der Waals surface area contributed by atoms with E-state index in [4.69, 9.17) is 16.3 Å². The van der Waals surface area contributed by atoms with E-state index in [2.05, 4.69) is 16.0 Å². The maximum Gasteiger partial charge on any atom is 0.272 e. The average molecular weight is 614 g/mol. The molecule has 0 aliphatic carbocycles. The van der Waals surface area contributed by atoms with Crippen LogP contribution in [0.1, 0.15) is 36.2 Å². The summed E-state index contributed by atoms with van der Waals surface area (Å²) in [5.41, 5.74) is 2.35. The van der Waals surface area contributed by atoms with Gasteiger partial charge in [0, 0.05) is 26.9 Å². The zero-order valence-electron chi connectivity index (χ0n) is 23.8. The quantitative estimate of drug-likeness (QED) is 0.113. The molecule has 7 nitrogen and oxygen atoms in total. The number of carbonyl (C=O) groups excluding carboxylic acids is 3. The summed E-state index contributed by atoms with van der Waals surface area (Å²) in [5.74, 6) is -0.340. The first-order valence-electron chi connectivity index (χ1n) is 13.8. The largest absolute Gasteiger partial charge is 0.494 e. The predicted molar refractivity (Wildman–Crippen MR) is 175 cm³/mol. The zero-order chi connectivity index (χ0) is 30.6. The summed E-state index contributed by atoms with van der Waals surface area (Å²) in [6, 6.07) is 30.1. The number of hydrogen-bond donors (Lipinski definition) is 3. The molecule has 1 unspecified atom stereocenters. The van der Waals surface area contributed by atoms with Crippen LogP contribution in [0.4, 0.5) is 11.4 Å². The van der Waals surface area contributed by atoms with Crippen LogP contribution in [0.5, 0.6) is 5.75 Å². The number of thioether (sulfide) groups is 1. The number of nitrogens with one attached hydrogen (secondary N) is 3. The number of hydrogen-bond acceptors (Lipinski definition) is 5. The monoisotopic (exact) mass is 613 g/mol. The third kappa shape index (κ3) is 9.49. The lowest BCUT2D eigenvalue weighted by Gasteiger charge is -2.16. The molecule has 4 rings (SSSR count). The fourth-order valence-electron chi connectivity index (χ4n) is 4.06. The van der Waals surface area contributed by atoms with Gasteiger partial charge in [0.25, 0.3) is 11.8 Å². The lowest BCUT2D eigenvalue weighted by Crippen LogP contribution is -2.30. The van der Waals surface area contributed by atoms with Crippen LogP contribution >= 0.6 is 23.4 Å². The molecular formula is C34H32ClN3O4S. The summed E-state index contributed by atoms with van der Waals surface area (Å²) in [6.07, 6.45) is 2.20. The Morgan fingerprint density at radius 1 is 0.837 bits per heavy atom. The number of carbonyl (C=O) groups is 3. The number of anilines is 2. The normalized spacial score (nSPS) is 11.7. The van der Waals surface area contributed by atoms with Gasteiger partial charge < -0.3 is 20.7 Å². The molecule has 0 aliphatic heterocycles. The van der Waals surface area contributed by atoms with E-state index in [0.717, 1.165) is 4.90 Å². The van der Waals surface area contributed by atoms with Crippen molar-refractivity contribution in [2.24, 2.45) is 0 Å². The van der Waals surface area contributed by atoms with Gasteiger partial charge in [0.1, 0.15) is 11.4 Å². The van der Waals surface area contributed by atoms with E-state index in [9.17, 15) is 14.4 Å². The van der Waals surface area contributed by atoms with Gasteiger partial charge in [-0.1, -0.05) is 61.0 Å². The van der Waals surface area contributed by atoms with E-state index < -0.39 is 11.8 Å². The van der Waals surface area contributed by atoms with Crippen molar-refractivity contribution in [1.82, 2.24) is 5.32 Å². The Balaban J connectivity index is 1.50. The molecule has 0 aliphatic rings. The van der Waals surface area contributed by atoms with Crippen LogP contribution in [0, 0.1) is 0 Å². The van der Waals surface area contributed by atoms with Gasteiger partial charge in [0.2, 0.25) is 5.91 Å². The van der Waals surface area contributed by atoms with Gasteiger partial charge in [-0.25, -0.2) is 0 Å². The van der Waals surface area contributed by atoms with E-state index in [0.29, 0.717) is 46.3 Å². The maximum atomic E-state index is 13.5. The minimum Gasteiger partial charge on any atom is -0.494 e. The first-order valence-corrected chi connectivity index (χ1v) is 15.1. The minimum absolute atomic E-state index is 0.0726. The van der Waals surface area contributed by atoms with Gasteiger partial charge >= 0.3 is 0 Å². The molecule has 4 aromatic rings. The van der Waals surface area contributed by atoms with E-state index >= 15 is 0 Å². The fourth-order valence-corrected chi connectivity index (χ4v) is 5.26. The molecule has 0 radical (unpaired) electrons. The highest BCUT2D eigenvalue weighted by Gasteiger charge is 2.19. The topological polar surface area (TPSA) is 96.5 Å². The number of rotatable bonds is 12. The SMILES string of the molecule is CCOc1ccc(/C=C(/NC(=O)c2ccccc2)C(=O)Nc2cccc(SC(CC)C(=O)Nc3cccc(Cl)c3)c2)cc1. The number of benzene rings is 4. The highest BCUT2D eigenvalue weighted by molar-refractivity contribution is 8.00. The molecule has 43 heavy (non-hydrogen) atoms. The number of amides is 3. The molecule has 0 bridgehead atoms. The molecule has 3 N–H and O–H groups in total. The third-order valence-corrected chi connectivity index (χ3v) is 7.75. The molecule has 0 aromatic heterocycles.